The van der Waals surface area contributed by atoms with Crippen molar-refractivity contribution in [2.45, 2.75) is 155 Å². The molecular weight excluding hydrogens is 1180 g/mol. The molecule has 0 radical (unpaired) electrons. The van der Waals surface area contributed by atoms with E-state index in [9.17, 15) is 77.3 Å². The van der Waals surface area contributed by atoms with Crippen molar-refractivity contribution < 1.29 is 82.4 Å². The van der Waals surface area contributed by atoms with Crippen molar-refractivity contribution in [3.63, 3.8) is 0 Å². The summed E-state index contributed by atoms with van der Waals surface area (Å²) in [7, 11) is 0. The molecule has 1 heterocycles. The number of amides is 8. The highest BCUT2D eigenvalue weighted by atomic mass is 32.2. The highest BCUT2D eigenvalue weighted by molar-refractivity contribution is 7.99. The average molecular weight is 1270 g/mol. The summed E-state index contributed by atoms with van der Waals surface area (Å²) < 4.78 is 0. The Bertz CT molecular complexity index is 2540. The summed E-state index contributed by atoms with van der Waals surface area (Å²) in [6.45, 7) is 13.8. The Hall–Kier alpha value is -8.46. The number of aromatic nitrogens is 2. The molecule has 0 aliphatic rings. The third-order valence-electron chi connectivity index (χ3n) is 11.1. The molecule has 0 fully saturated rings. The fourth-order valence-electron chi connectivity index (χ4n) is 6.97. The molecule has 0 aliphatic heterocycles. The molecular formula is C54H86N14O17S2. The lowest BCUT2D eigenvalue weighted by atomic mass is 10.0. The second kappa shape index (κ2) is 46.8. The largest absolute Gasteiger partial charge is 0.481 e. The number of aldehydes is 1. The molecule has 8 atom stereocenters. The molecule has 2 rings (SSSR count). The highest BCUT2D eigenvalue weighted by Crippen LogP contribution is 2.10. The minimum atomic E-state index is -1.77. The van der Waals surface area contributed by atoms with Crippen LogP contribution in [0.2, 0.25) is 0 Å². The number of aromatic amines is 1. The van der Waals surface area contributed by atoms with Crippen LogP contribution in [-0.4, -0.2) is 199 Å². The molecule has 1 aromatic heterocycles. The molecule has 33 heteroatoms. The monoisotopic (exact) mass is 1270 g/mol. The number of ketones is 2. The van der Waals surface area contributed by atoms with E-state index in [1.165, 1.54) is 45.1 Å². The van der Waals surface area contributed by atoms with Crippen LogP contribution in [0.1, 0.15) is 105 Å². The van der Waals surface area contributed by atoms with Gasteiger partial charge in [0.25, 0.3) is 0 Å². The summed E-state index contributed by atoms with van der Waals surface area (Å²) in [5.41, 5.74) is 11.7. The molecule has 31 nitrogen and oxygen atoms in total. The van der Waals surface area contributed by atoms with Crippen LogP contribution in [0.3, 0.4) is 0 Å². The Morgan fingerprint density at radius 2 is 1.17 bits per heavy atom. The normalized spacial score (nSPS) is 13.0. The predicted octanol–water partition coefficient (Wildman–Crippen LogP) is -2.35. The van der Waals surface area contributed by atoms with E-state index >= 15 is 0 Å². The second-order valence-electron chi connectivity index (χ2n) is 18.4. The van der Waals surface area contributed by atoms with E-state index in [-0.39, 0.29) is 79.9 Å². The summed E-state index contributed by atoms with van der Waals surface area (Å²) in [4.78, 5) is 185. The topological polar surface area (TPSA) is 501 Å². The zero-order chi connectivity index (χ0) is 66.6. The minimum Gasteiger partial charge on any atom is -0.481 e. The molecule has 8 amide bonds. The van der Waals surface area contributed by atoms with Crippen molar-refractivity contribution in [2.24, 2.45) is 16.5 Å². The maximum atomic E-state index is 14.3. The first-order chi connectivity index (χ1) is 41.1. The maximum Gasteiger partial charge on any atom is 0.305 e. The molecule has 0 saturated carbocycles. The number of nitrogens with two attached hydrogens (primary N) is 2. The molecule has 0 bridgehead atoms. The van der Waals surface area contributed by atoms with Gasteiger partial charge in [0, 0.05) is 62.7 Å². The SMILES string of the molecule is CC.CC.CC(=O)CNC(CS)C(=O)N[C@@H](CC(=O)O)C(=O)NC(Cc1cnc[nH]1)C(=O)N[C@@H](CCCN=C(N)N)C(=O)NC(Cc1ccccc1)C(=O)N[C@@H](CCC(=O)O)C(=O)NC(C)C(=O)N[C@H](C=O)CC(=O)O.CC(=O)CSCCNC(C)=O. The number of carbonyl (C=O) groups excluding carboxylic acids is 11. The van der Waals surface area contributed by atoms with Crippen molar-refractivity contribution >= 4 is 113 Å². The summed E-state index contributed by atoms with van der Waals surface area (Å²) in [6, 6.07) is -4.00. The Balaban J connectivity index is 0. The van der Waals surface area contributed by atoms with Crippen LogP contribution in [0, 0.1) is 0 Å². The second-order valence-corrected chi connectivity index (χ2v) is 19.9. The maximum absolute atomic E-state index is 14.3. The van der Waals surface area contributed by atoms with Gasteiger partial charge < -0.3 is 79.1 Å². The van der Waals surface area contributed by atoms with Gasteiger partial charge in [-0.05, 0) is 45.6 Å². The van der Waals surface area contributed by atoms with Crippen LogP contribution >= 0.6 is 24.4 Å². The number of H-pyrrole nitrogens is 1. The van der Waals surface area contributed by atoms with Gasteiger partial charge in [0.2, 0.25) is 47.3 Å². The Kier molecular flexibility index (Phi) is 43.3. The van der Waals surface area contributed by atoms with E-state index in [0.717, 1.165) is 5.75 Å². The van der Waals surface area contributed by atoms with Gasteiger partial charge in [0.1, 0.15) is 54.1 Å². The van der Waals surface area contributed by atoms with Gasteiger partial charge >= 0.3 is 17.9 Å². The molecule has 1 aromatic carbocycles. The molecule has 486 valence electrons. The Morgan fingerprint density at radius 1 is 0.655 bits per heavy atom. The number of benzene rings is 1. The number of carboxylic acid groups (broad SMARTS) is 3. The van der Waals surface area contributed by atoms with Crippen LogP contribution in [-0.2, 0) is 80.0 Å². The molecule has 0 saturated heterocycles. The minimum absolute atomic E-state index is 0.0200. The molecule has 2 aromatic rings. The van der Waals surface area contributed by atoms with Gasteiger partial charge in [0.05, 0.1) is 43.6 Å². The predicted molar refractivity (Wildman–Crippen MR) is 325 cm³/mol. The smallest absolute Gasteiger partial charge is 0.305 e. The number of aliphatic imine (C=N–C) groups is 1. The number of Topliss-reactive ketones (excluding diaryl/α,β-unsaturated/α-hetero) is 2. The van der Waals surface area contributed by atoms with Crippen molar-refractivity contribution in [3.05, 3.63) is 54.1 Å². The zero-order valence-electron chi connectivity index (χ0n) is 50.1. The number of imidazole rings is 1. The number of thioether (sulfide) groups is 1. The standard InChI is InChI=1S/C43H61N13O15S.C7H13NO2S.2C2H6/c1-22(58)17-48-32(20-72)42(71)56-31(16-35(63)64)41(70)55-30(14-25-18-46-21-49-25)40(69)52-27(9-6-12-47-43(44)45)38(67)54-29(13-24-7-4-3-5-8-24)39(68)53-28(10-11-33(59)60)37(66)50-23(2)36(65)51-26(19-57)15-34(61)62;1-6(9)5-11-4-3-8-7(2)10;2*1-2/h3-5,7-8,18-19,21,23,26-32,48,72H,6,9-17,20H2,1-2H3,(H,46,49)(H,50,66)(H,51,65)(H,52,69)(H,53,68)(H,54,67)(H,55,70)(H,56,71)(H,59,60)(H,61,62)(H,63,64)(H4,44,45,47);3-5H2,1-2H3,(H,8,10);2*1-2H3/t23?,26-,27-,28-,29?,30?,31-,32?;;;/m0.../s1. The van der Waals surface area contributed by atoms with Crippen LogP contribution in [0.5, 0.6) is 0 Å². The van der Waals surface area contributed by atoms with E-state index in [2.05, 4.69) is 75.4 Å². The highest BCUT2D eigenvalue weighted by Gasteiger charge is 2.35. The number of nitrogens with one attached hydrogen (secondary N) is 10. The number of rotatable bonds is 39. The Labute approximate surface area is 514 Å². The number of nitrogens with zero attached hydrogens (tertiary/aromatic N) is 2. The zero-order valence-corrected chi connectivity index (χ0v) is 51.8. The number of hydrogen-bond donors (Lipinski definition) is 16. The van der Waals surface area contributed by atoms with Gasteiger partial charge in [-0.25, -0.2) is 4.98 Å². The first-order valence-electron chi connectivity index (χ1n) is 27.6. The fourth-order valence-corrected chi connectivity index (χ4v) is 7.94. The molecule has 17 N–H and O–H groups in total. The van der Waals surface area contributed by atoms with E-state index in [1.54, 1.807) is 37.3 Å². The number of aliphatic carboxylic acids is 3. The molecule has 4 unspecified atom stereocenters. The fraction of sp³-hybridized carbons (Fsp3) is 0.556. The van der Waals surface area contributed by atoms with Gasteiger partial charge in [-0.3, -0.25) is 72.6 Å². The van der Waals surface area contributed by atoms with Gasteiger partial charge in [-0.2, -0.15) is 24.4 Å². The quantitative estimate of drug-likeness (QED) is 0.0110. The summed E-state index contributed by atoms with van der Waals surface area (Å²) in [5, 5.41) is 50.1. The summed E-state index contributed by atoms with van der Waals surface area (Å²) in [5.74, 6) is -10.7. The van der Waals surface area contributed by atoms with E-state index in [1.807, 2.05) is 27.7 Å². The molecule has 87 heavy (non-hydrogen) atoms. The number of thiol groups is 1. The van der Waals surface area contributed by atoms with Crippen molar-refractivity contribution in [3.8, 4) is 0 Å². The van der Waals surface area contributed by atoms with Crippen LogP contribution < -0.4 is 59.3 Å². The third-order valence-corrected chi connectivity index (χ3v) is 12.5. The number of guanidine groups is 1. The number of carbonyl (C=O) groups is 14. The lowest BCUT2D eigenvalue weighted by Crippen LogP contribution is -2.60. The lowest BCUT2D eigenvalue weighted by Gasteiger charge is -2.27. The van der Waals surface area contributed by atoms with E-state index in [4.69, 9.17) is 16.6 Å². The van der Waals surface area contributed by atoms with Crippen molar-refractivity contribution in [1.29, 1.82) is 0 Å². The van der Waals surface area contributed by atoms with E-state index in [0.29, 0.717) is 17.9 Å². The Morgan fingerprint density at radius 3 is 1.67 bits per heavy atom. The molecule has 0 aliphatic carbocycles. The van der Waals surface area contributed by atoms with Gasteiger partial charge in [0.15, 0.2) is 5.96 Å². The summed E-state index contributed by atoms with van der Waals surface area (Å²) >= 11 is 5.63. The summed E-state index contributed by atoms with van der Waals surface area (Å²) in [6.07, 6.45) is -0.896. The van der Waals surface area contributed by atoms with Crippen LogP contribution in [0.4, 0.5) is 0 Å². The van der Waals surface area contributed by atoms with Gasteiger partial charge in [-0.15, -0.1) is 0 Å². The first kappa shape index (κ1) is 80.6. The molecule has 0 spiro atoms. The number of hydrogen-bond acceptors (Lipinski definition) is 19. The van der Waals surface area contributed by atoms with Gasteiger partial charge in [-0.1, -0.05) is 58.0 Å². The average Bonchev–Trinajstić information content (AvgIpc) is 4.11. The lowest BCUT2D eigenvalue weighted by molar-refractivity contribution is -0.141. The van der Waals surface area contributed by atoms with Crippen LogP contribution in [0.15, 0.2) is 47.8 Å². The third kappa shape index (κ3) is 38.3. The number of carboxylic acids is 3. The first-order valence-corrected chi connectivity index (χ1v) is 29.4. The van der Waals surface area contributed by atoms with Crippen LogP contribution in [0.25, 0.3) is 0 Å². The van der Waals surface area contributed by atoms with Crippen molar-refractivity contribution in [1.82, 2.24) is 57.8 Å². The van der Waals surface area contributed by atoms with Crippen molar-refractivity contribution in [2.75, 3.05) is 36.9 Å². The van der Waals surface area contributed by atoms with E-state index < -0.39 is 133 Å².